The van der Waals surface area contributed by atoms with Crippen molar-refractivity contribution < 1.29 is 78.4 Å². The number of hydrogen-bond acceptors (Lipinski definition) is 9. The third-order valence-corrected chi connectivity index (χ3v) is 3.76. The summed E-state index contributed by atoms with van der Waals surface area (Å²) in [6, 6.07) is 0. The number of nitrogens with zero attached hydrogens (tertiary/aromatic N) is 2. The fraction of sp³-hybridized carbons (Fsp3) is 0.421. The number of hydrogen-bond donors (Lipinski definition) is 6. The van der Waals surface area contributed by atoms with Crippen LogP contribution in [0.5, 0.6) is 0 Å². The van der Waals surface area contributed by atoms with Crippen LogP contribution in [0.3, 0.4) is 0 Å². The van der Waals surface area contributed by atoms with Gasteiger partial charge in [0.2, 0.25) is 11.8 Å². The van der Waals surface area contributed by atoms with Crippen LogP contribution in [-0.2, 0) is 33.6 Å². The van der Waals surface area contributed by atoms with Crippen molar-refractivity contribution in [1.82, 2.24) is 25.8 Å². The van der Waals surface area contributed by atoms with Gasteiger partial charge in [0.1, 0.15) is 0 Å². The van der Waals surface area contributed by atoms with Crippen molar-refractivity contribution in [3.63, 3.8) is 0 Å². The molecule has 0 spiro atoms. The maximum Gasteiger partial charge on any atom is 1.00 e. The Morgan fingerprint density at radius 2 is 1.23 bits per heavy atom. The Balaban J connectivity index is 0. The number of imide groups is 1. The smallest absolute Gasteiger partial charge is 0.480 e. The van der Waals surface area contributed by atoms with Crippen molar-refractivity contribution in [3.8, 4) is 0 Å². The summed E-state index contributed by atoms with van der Waals surface area (Å²) in [7, 11) is 0. The van der Waals surface area contributed by atoms with E-state index in [1.807, 2.05) is 0 Å². The van der Waals surface area contributed by atoms with E-state index in [-0.39, 0.29) is 62.3 Å². The first-order valence-corrected chi connectivity index (χ1v) is 9.57. The summed E-state index contributed by atoms with van der Waals surface area (Å²) in [5, 5.41) is 33.2. The van der Waals surface area contributed by atoms with Crippen molar-refractivity contribution in [2.75, 3.05) is 52.4 Å². The number of carboxylic acid groups (broad SMARTS) is 3. The van der Waals surface area contributed by atoms with Crippen LogP contribution in [-0.4, -0.2) is 120 Å². The van der Waals surface area contributed by atoms with Gasteiger partial charge in [-0.1, -0.05) is 6.08 Å². The van der Waals surface area contributed by atoms with Crippen LogP contribution in [0.15, 0.2) is 17.7 Å². The van der Waals surface area contributed by atoms with Crippen molar-refractivity contribution in [1.29, 1.82) is 0 Å². The molecule has 0 aromatic carbocycles. The number of carbonyl (C=O) groups excluding carboxylic acids is 4. The predicted octanol–water partition coefficient (Wildman–Crippen LogP) is -6.82. The molecule has 6 N–H and O–H groups in total. The maximum absolute atomic E-state index is 12.1. The van der Waals surface area contributed by atoms with Gasteiger partial charge in [-0.05, 0) is 0 Å². The number of nitrogens with one attached hydrogen (secondary N) is 3. The first-order valence-electron chi connectivity index (χ1n) is 9.57. The minimum Gasteiger partial charge on any atom is -0.480 e. The third-order valence-electron chi connectivity index (χ3n) is 3.76. The van der Waals surface area contributed by atoms with Crippen molar-refractivity contribution >= 4 is 42.0 Å². The largest absolute Gasteiger partial charge is 1.00 e. The molecule has 0 aliphatic heterocycles. The van der Waals surface area contributed by atoms with Crippen LogP contribution in [0.25, 0.3) is 0 Å². The molecule has 35 heavy (non-hydrogen) atoms. The van der Waals surface area contributed by atoms with E-state index in [2.05, 4.69) is 10.6 Å². The quantitative estimate of drug-likeness (QED) is 0.0255. The molecule has 0 heterocycles. The minimum absolute atomic E-state index is 0. The number of aliphatic carboxylic acids is 3. The Hall–Kier alpha value is -3.11. The van der Waals surface area contributed by atoms with Crippen LogP contribution in [0, 0.1) is 6.58 Å². The molecule has 0 unspecified atom stereocenters. The molecule has 15 nitrogen and oxygen atoms in total. The van der Waals surface area contributed by atoms with E-state index >= 15 is 0 Å². The molecule has 0 fully saturated rings. The van der Waals surface area contributed by atoms with Gasteiger partial charge in [0.25, 0.3) is 0 Å². The summed E-state index contributed by atoms with van der Waals surface area (Å²) >= 11 is 0. The summed E-state index contributed by atoms with van der Waals surface area (Å²) in [5.74, 6) is -5.94. The predicted molar refractivity (Wildman–Crippen MR) is 113 cm³/mol. The van der Waals surface area contributed by atoms with Crippen molar-refractivity contribution in [2.24, 2.45) is 0 Å². The zero-order chi connectivity index (χ0) is 26.1. The zero-order valence-electron chi connectivity index (χ0n) is 19.0. The molecule has 0 rings (SSSR count). The Labute approximate surface area is 222 Å². The van der Waals surface area contributed by atoms with Gasteiger partial charge in [0.15, 0.2) is 0 Å². The van der Waals surface area contributed by atoms with Gasteiger partial charge in [-0.15, -0.1) is 0 Å². The fourth-order valence-electron chi connectivity index (χ4n) is 2.35. The first kappa shape index (κ1) is 34.1. The average Bonchev–Trinajstić information content (AvgIpc) is 2.72. The average molecular weight is 506 g/mol. The molecule has 0 atom stereocenters. The summed E-state index contributed by atoms with van der Waals surface area (Å²) in [5.41, 5.74) is -0.407. The van der Waals surface area contributed by atoms with Gasteiger partial charge in [-0.3, -0.25) is 33.8 Å². The molecule has 0 aromatic heterocycles. The van der Waals surface area contributed by atoms with Crippen LogP contribution in [0.1, 0.15) is 0 Å². The van der Waals surface area contributed by atoms with Crippen LogP contribution in [0.4, 0.5) is 0 Å². The maximum atomic E-state index is 12.1. The molecule has 0 bridgehead atoms. The number of carbonyl (C=O) groups is 6. The molecule has 0 aliphatic rings. The first-order chi connectivity index (χ1) is 15.9. The summed E-state index contributed by atoms with van der Waals surface area (Å²) < 4.78 is 0. The molecule has 0 aromatic rings. The normalized spacial score (nSPS) is 10.3. The second kappa shape index (κ2) is 19.2. The van der Waals surface area contributed by atoms with Gasteiger partial charge in [0, 0.05) is 26.2 Å². The summed E-state index contributed by atoms with van der Waals surface area (Å²) in [6.07, 6.45) is 3.02. The van der Waals surface area contributed by atoms with E-state index in [1.165, 1.54) is 4.90 Å². The van der Waals surface area contributed by atoms with Gasteiger partial charge in [-0.25, -0.2) is 6.58 Å². The molecule has 16 heteroatoms. The summed E-state index contributed by atoms with van der Waals surface area (Å²) in [6.45, 7) is 3.01. The van der Waals surface area contributed by atoms with Gasteiger partial charge < -0.3 is 40.9 Å². The van der Waals surface area contributed by atoms with Gasteiger partial charge >= 0.3 is 47.5 Å². The van der Waals surface area contributed by atoms with Crippen LogP contribution in [0.2, 0.25) is 0 Å². The van der Waals surface area contributed by atoms with E-state index in [9.17, 15) is 33.6 Å². The number of rotatable bonds is 18. The number of amides is 4. The van der Waals surface area contributed by atoms with Crippen molar-refractivity contribution in [2.45, 2.75) is 0 Å². The van der Waals surface area contributed by atoms with E-state index in [0.29, 0.717) is 0 Å². The molecule has 0 saturated carbocycles. The van der Waals surface area contributed by atoms with Gasteiger partial charge in [0.05, 0.1) is 38.5 Å². The number of carboxylic acids is 3. The molecular weight excluding hydrogens is 481 g/mol. The second-order valence-electron chi connectivity index (χ2n) is 6.59. The molecular formula is C19H25N5NaO10-. The Kier molecular flexibility index (Phi) is 18.7. The SMILES string of the molecule is [CH-]=C(/C=C/C(=O)NCCNC(=O)CN(CCN(CC(=O)O)CC(=O)O)CC(=O)O)C(=O)N[C-]=O.[Na+]. The Bertz CT molecular complexity index is 817. The topological polar surface area (TPSA) is 223 Å². The van der Waals surface area contributed by atoms with Crippen molar-refractivity contribution in [3.05, 3.63) is 24.3 Å². The van der Waals surface area contributed by atoms with Crippen LogP contribution >= 0.6 is 0 Å². The third kappa shape index (κ3) is 18.9. The van der Waals surface area contributed by atoms with E-state index < -0.39 is 60.8 Å². The van der Waals surface area contributed by atoms with Crippen LogP contribution < -0.4 is 45.5 Å². The second-order valence-corrected chi connectivity index (χ2v) is 6.59. The van der Waals surface area contributed by atoms with E-state index in [0.717, 1.165) is 23.5 Å². The monoisotopic (exact) mass is 506 g/mol. The summed E-state index contributed by atoms with van der Waals surface area (Å²) in [4.78, 5) is 79.8. The van der Waals surface area contributed by atoms with E-state index in [1.54, 1.807) is 5.32 Å². The fourth-order valence-corrected chi connectivity index (χ4v) is 2.35. The van der Waals surface area contributed by atoms with E-state index in [4.69, 9.17) is 21.9 Å². The minimum atomic E-state index is -1.26. The molecule has 0 radical (unpaired) electrons. The Morgan fingerprint density at radius 1 is 0.771 bits per heavy atom. The van der Waals surface area contributed by atoms with Gasteiger partial charge in [-0.2, -0.15) is 11.6 Å². The molecule has 0 aliphatic carbocycles. The molecule has 4 amide bonds. The zero-order valence-corrected chi connectivity index (χ0v) is 21.0. The molecule has 0 saturated heterocycles. The Morgan fingerprint density at radius 3 is 1.69 bits per heavy atom. The standard InChI is InChI=1S/C19H25N5O10.Na/c1-13(19(34)22-12-25)2-3-14(26)20-4-5-21-15(27)8-23(9-16(28)29)6-7-24(10-17(30)31)11-18(32)33;/h1-3H,4-11H2,(H,20,26)(H,21,27)(H,28,29)(H,30,31)(H,32,33)(H,22,25,34);/q-2;+1/b3-2+;. The molecule has 188 valence electrons.